The number of rotatable bonds is 3. The molecule has 4 rings (SSSR count). The van der Waals surface area contributed by atoms with Gasteiger partial charge in [0, 0.05) is 22.9 Å². The molecule has 130 valence electrons. The van der Waals surface area contributed by atoms with E-state index in [4.69, 9.17) is 19.9 Å². The van der Waals surface area contributed by atoms with Crippen molar-refractivity contribution in [1.82, 2.24) is 0 Å². The van der Waals surface area contributed by atoms with Gasteiger partial charge < -0.3 is 19.9 Å². The third-order valence-electron chi connectivity index (χ3n) is 4.10. The lowest BCUT2D eigenvalue weighted by molar-refractivity contribution is -0.296. The van der Waals surface area contributed by atoms with Gasteiger partial charge in [0.25, 0.3) is 0 Å². The van der Waals surface area contributed by atoms with Crippen LogP contribution in [0.4, 0.5) is 0 Å². The van der Waals surface area contributed by atoms with Crippen LogP contribution in [0.5, 0.6) is 5.75 Å². The number of cyclic esters (lactones) is 2. The summed E-state index contributed by atoms with van der Waals surface area (Å²) >= 11 is 0. The van der Waals surface area contributed by atoms with E-state index in [1.54, 1.807) is 0 Å². The Morgan fingerprint density at radius 1 is 0.846 bits per heavy atom. The van der Waals surface area contributed by atoms with Crippen LogP contribution in [0.1, 0.15) is 0 Å². The minimum Gasteiger partial charge on any atom is -0.418 e. The van der Waals surface area contributed by atoms with E-state index in [9.17, 15) is 9.59 Å². The normalized spacial score (nSPS) is 16.2. The standard InChI is InChI=1S/C20H15NO5/c21-12-20(24-17(22)9-10-18(23)25-20)26-19-15-7-3-1-5-13(15)11-14-6-2-4-8-16(14)19/h1-11H,12,21H2. The molecule has 26 heavy (non-hydrogen) atoms. The Kier molecular flexibility index (Phi) is 3.82. The monoisotopic (exact) mass is 349 g/mol. The number of carbonyl (C=O) groups excluding carboxylic acids is 2. The van der Waals surface area contributed by atoms with E-state index < -0.39 is 17.9 Å². The van der Waals surface area contributed by atoms with E-state index in [1.807, 2.05) is 54.6 Å². The van der Waals surface area contributed by atoms with Gasteiger partial charge in [-0.3, -0.25) is 0 Å². The summed E-state index contributed by atoms with van der Waals surface area (Å²) in [7, 11) is 0. The molecule has 0 bridgehead atoms. The fraction of sp³-hybridized carbons (Fsp3) is 0.100. The zero-order chi connectivity index (χ0) is 18.1. The number of esters is 2. The van der Waals surface area contributed by atoms with Gasteiger partial charge in [-0.05, 0) is 16.8 Å². The second kappa shape index (κ2) is 6.16. The third-order valence-corrected chi connectivity index (χ3v) is 4.10. The molecule has 1 aliphatic heterocycles. The summed E-state index contributed by atoms with van der Waals surface area (Å²) in [4.78, 5) is 23.7. The largest absolute Gasteiger partial charge is 0.435 e. The molecule has 1 aliphatic rings. The fourth-order valence-electron chi connectivity index (χ4n) is 2.94. The predicted molar refractivity (Wildman–Crippen MR) is 95.2 cm³/mol. The second-order valence-corrected chi connectivity index (χ2v) is 5.81. The van der Waals surface area contributed by atoms with Crippen LogP contribution in [0, 0.1) is 0 Å². The third kappa shape index (κ3) is 2.76. The Morgan fingerprint density at radius 2 is 1.35 bits per heavy atom. The van der Waals surface area contributed by atoms with Gasteiger partial charge in [0.2, 0.25) is 0 Å². The molecule has 0 fully saturated rings. The molecule has 0 aliphatic carbocycles. The first kappa shape index (κ1) is 16.1. The minimum absolute atomic E-state index is 0.357. The van der Waals surface area contributed by atoms with Gasteiger partial charge in [-0.15, -0.1) is 0 Å². The van der Waals surface area contributed by atoms with E-state index in [-0.39, 0.29) is 6.54 Å². The lowest BCUT2D eigenvalue weighted by Crippen LogP contribution is -2.50. The molecular weight excluding hydrogens is 334 g/mol. The summed E-state index contributed by atoms with van der Waals surface area (Å²) in [6.45, 7) is -0.357. The molecule has 0 radical (unpaired) electrons. The van der Waals surface area contributed by atoms with E-state index >= 15 is 0 Å². The summed E-state index contributed by atoms with van der Waals surface area (Å²) in [6, 6.07) is 17.2. The Balaban J connectivity index is 1.92. The van der Waals surface area contributed by atoms with Crippen LogP contribution in [0.25, 0.3) is 21.5 Å². The number of nitrogens with two attached hydrogens (primary N) is 1. The van der Waals surface area contributed by atoms with Crippen LogP contribution in [0.3, 0.4) is 0 Å². The van der Waals surface area contributed by atoms with Crippen molar-refractivity contribution >= 4 is 33.5 Å². The highest BCUT2D eigenvalue weighted by Gasteiger charge is 2.42. The number of hydrogen-bond acceptors (Lipinski definition) is 6. The van der Waals surface area contributed by atoms with Crippen molar-refractivity contribution in [3.63, 3.8) is 0 Å². The van der Waals surface area contributed by atoms with E-state index in [0.29, 0.717) is 5.75 Å². The maximum Gasteiger partial charge on any atom is 0.435 e. The summed E-state index contributed by atoms with van der Waals surface area (Å²) < 4.78 is 16.4. The first-order valence-electron chi connectivity index (χ1n) is 8.04. The Morgan fingerprint density at radius 3 is 1.85 bits per heavy atom. The molecule has 0 aromatic heterocycles. The van der Waals surface area contributed by atoms with Crippen LogP contribution in [-0.4, -0.2) is 24.5 Å². The quantitative estimate of drug-likeness (QED) is 0.578. The molecule has 6 heteroatoms. The topological polar surface area (TPSA) is 87.9 Å². The number of ether oxygens (including phenoxy) is 3. The van der Waals surface area contributed by atoms with Gasteiger partial charge >= 0.3 is 17.9 Å². The van der Waals surface area contributed by atoms with Crippen LogP contribution < -0.4 is 10.5 Å². The van der Waals surface area contributed by atoms with E-state index in [2.05, 4.69) is 0 Å². The van der Waals surface area contributed by atoms with Crippen molar-refractivity contribution in [3.8, 4) is 5.75 Å². The van der Waals surface area contributed by atoms with Gasteiger partial charge in [-0.1, -0.05) is 48.5 Å². The van der Waals surface area contributed by atoms with E-state index in [1.165, 1.54) is 0 Å². The summed E-state index contributed by atoms with van der Waals surface area (Å²) in [5, 5.41) is 3.42. The van der Waals surface area contributed by atoms with Gasteiger partial charge in [0.1, 0.15) is 12.3 Å². The maximum absolute atomic E-state index is 11.8. The van der Waals surface area contributed by atoms with Crippen molar-refractivity contribution in [2.24, 2.45) is 5.73 Å². The highest BCUT2D eigenvalue weighted by atomic mass is 16.9. The molecule has 0 atom stereocenters. The molecule has 1 heterocycles. The van der Waals surface area contributed by atoms with Crippen LogP contribution in [-0.2, 0) is 19.1 Å². The zero-order valence-corrected chi connectivity index (χ0v) is 13.7. The first-order chi connectivity index (χ1) is 12.6. The highest BCUT2D eigenvalue weighted by Crippen LogP contribution is 2.37. The van der Waals surface area contributed by atoms with Crippen molar-refractivity contribution in [2.75, 3.05) is 6.54 Å². The van der Waals surface area contributed by atoms with Gasteiger partial charge in [0.05, 0.1) is 0 Å². The SMILES string of the molecule is NCC1(Oc2c3ccccc3cc3ccccc23)OC(=O)C=CC(=O)O1. The lowest BCUT2D eigenvalue weighted by Gasteiger charge is -2.30. The Bertz CT molecular complexity index is 982. The first-order valence-corrected chi connectivity index (χ1v) is 8.04. The molecule has 0 saturated heterocycles. The number of carbonyl (C=O) groups is 2. The average Bonchev–Trinajstić information content (AvgIpc) is 2.80. The number of fused-ring (bicyclic) bond motifs is 2. The second-order valence-electron chi connectivity index (χ2n) is 5.81. The average molecular weight is 349 g/mol. The molecule has 2 N–H and O–H groups in total. The molecule has 6 nitrogen and oxygen atoms in total. The zero-order valence-electron chi connectivity index (χ0n) is 13.7. The number of hydrogen-bond donors (Lipinski definition) is 1. The van der Waals surface area contributed by atoms with Crippen molar-refractivity contribution in [1.29, 1.82) is 0 Å². The molecule has 3 aromatic rings. The Hall–Kier alpha value is -3.38. The fourth-order valence-corrected chi connectivity index (χ4v) is 2.94. The van der Waals surface area contributed by atoms with Crippen LogP contribution in [0.2, 0.25) is 0 Å². The molecule has 3 aromatic carbocycles. The molecule has 0 spiro atoms. The predicted octanol–water partition coefficient (Wildman–Crippen LogP) is 2.64. The lowest BCUT2D eigenvalue weighted by atomic mass is 10.0. The van der Waals surface area contributed by atoms with Crippen molar-refractivity contribution in [3.05, 3.63) is 66.7 Å². The van der Waals surface area contributed by atoms with Gasteiger partial charge in [-0.2, -0.15) is 0 Å². The molecule has 0 amide bonds. The maximum atomic E-state index is 11.8. The molecule has 0 saturated carbocycles. The van der Waals surface area contributed by atoms with E-state index in [0.717, 1.165) is 33.7 Å². The number of benzene rings is 3. The summed E-state index contributed by atoms with van der Waals surface area (Å²) in [5.74, 6) is -3.16. The van der Waals surface area contributed by atoms with Crippen molar-refractivity contribution < 1.29 is 23.8 Å². The van der Waals surface area contributed by atoms with Crippen LogP contribution in [0.15, 0.2) is 66.7 Å². The molecule has 0 unspecified atom stereocenters. The van der Waals surface area contributed by atoms with Crippen LogP contribution >= 0.6 is 0 Å². The Labute approximate surface area is 148 Å². The minimum atomic E-state index is -2.04. The molecular formula is C20H15NO5. The summed E-state index contributed by atoms with van der Waals surface area (Å²) in [5.41, 5.74) is 5.76. The van der Waals surface area contributed by atoms with Gasteiger partial charge in [0.15, 0.2) is 0 Å². The highest BCUT2D eigenvalue weighted by molar-refractivity contribution is 6.05. The smallest absolute Gasteiger partial charge is 0.418 e. The van der Waals surface area contributed by atoms with Gasteiger partial charge in [-0.25, -0.2) is 9.59 Å². The summed E-state index contributed by atoms with van der Waals surface area (Å²) in [6.07, 6.45) is 1.95. The van der Waals surface area contributed by atoms with Crippen molar-refractivity contribution in [2.45, 2.75) is 5.97 Å².